The van der Waals surface area contributed by atoms with Crippen LogP contribution in [-0.4, -0.2) is 77.3 Å². The fraction of sp³-hybridized carbons (Fsp3) is 0.567. The number of hydrogen-bond acceptors (Lipinski definition) is 8. The fourth-order valence-electron chi connectivity index (χ4n) is 5.26. The number of likely N-dealkylation sites (tertiary alicyclic amines) is 1. The van der Waals surface area contributed by atoms with Gasteiger partial charge >= 0.3 is 30.2 Å². The number of carbonyl (C=O) groups is 4. The van der Waals surface area contributed by atoms with Gasteiger partial charge in [-0.2, -0.15) is 13.2 Å². The number of aromatic carboxylic acids is 1. The van der Waals surface area contributed by atoms with E-state index in [2.05, 4.69) is 4.99 Å². The van der Waals surface area contributed by atoms with Crippen LogP contribution in [-0.2, 0) is 23.8 Å². The highest BCUT2D eigenvalue weighted by atomic mass is 19.4. The molecule has 3 rings (SSSR count). The maximum atomic E-state index is 13.7. The van der Waals surface area contributed by atoms with E-state index in [1.807, 2.05) is 0 Å². The predicted molar refractivity (Wildman–Crippen MR) is 149 cm³/mol. The van der Waals surface area contributed by atoms with Gasteiger partial charge in [-0.3, -0.25) is 14.7 Å². The summed E-state index contributed by atoms with van der Waals surface area (Å²) in [5.41, 5.74) is -0.926. The molecule has 1 amide bonds. The van der Waals surface area contributed by atoms with E-state index in [1.165, 1.54) is 36.1 Å². The zero-order valence-corrected chi connectivity index (χ0v) is 24.8. The summed E-state index contributed by atoms with van der Waals surface area (Å²) in [4.78, 5) is 57.8. The molecule has 0 aromatic heterocycles. The Morgan fingerprint density at radius 1 is 1.02 bits per heavy atom. The van der Waals surface area contributed by atoms with Gasteiger partial charge in [-0.25, -0.2) is 14.4 Å². The van der Waals surface area contributed by atoms with Crippen LogP contribution in [0.5, 0.6) is 0 Å². The summed E-state index contributed by atoms with van der Waals surface area (Å²) < 4.78 is 56.6. The van der Waals surface area contributed by atoms with Crippen LogP contribution in [0.1, 0.15) is 82.1 Å². The van der Waals surface area contributed by atoms with Gasteiger partial charge < -0.3 is 19.3 Å². The number of alkyl halides is 3. The van der Waals surface area contributed by atoms with E-state index in [0.717, 1.165) is 0 Å². The number of carbonyl (C=O) groups excluding carboxylic acids is 3. The molecule has 2 aliphatic rings. The fourth-order valence-corrected chi connectivity index (χ4v) is 5.26. The standard InChI is InChI=1S/C30H37F3N2O8/c1-6-41-26(38)22-19(14-15-30(31,32)33)34-24(20-9-8-16-35(20)28(40)43-29(3,4)5)23(27(39)42-7-2)21(22)17-10-12-18(13-11-17)25(36)37/h10-13,20-22H,6-9,14-16H2,1-5H3,(H,36,37)/t20-,21?,22?/m0/s1. The number of benzene rings is 1. The Morgan fingerprint density at radius 3 is 2.19 bits per heavy atom. The van der Waals surface area contributed by atoms with Crippen LogP contribution in [0.2, 0.25) is 0 Å². The average Bonchev–Trinajstić information content (AvgIpc) is 3.40. The van der Waals surface area contributed by atoms with E-state index < -0.39 is 66.5 Å². The van der Waals surface area contributed by atoms with Crippen molar-refractivity contribution in [2.24, 2.45) is 10.9 Å². The predicted octanol–water partition coefficient (Wildman–Crippen LogP) is 5.66. The van der Waals surface area contributed by atoms with Gasteiger partial charge in [-0.1, -0.05) is 12.1 Å². The number of halogens is 3. The van der Waals surface area contributed by atoms with Gasteiger partial charge in [0.2, 0.25) is 0 Å². The zero-order valence-electron chi connectivity index (χ0n) is 24.8. The first-order chi connectivity index (χ1) is 20.1. The second-order valence-corrected chi connectivity index (χ2v) is 11.2. The van der Waals surface area contributed by atoms with Gasteiger partial charge in [0.1, 0.15) is 11.5 Å². The smallest absolute Gasteiger partial charge is 0.410 e. The molecule has 43 heavy (non-hydrogen) atoms. The van der Waals surface area contributed by atoms with Crippen LogP contribution in [0.25, 0.3) is 0 Å². The number of aliphatic imine (C=N–C) groups is 1. The highest BCUT2D eigenvalue weighted by Crippen LogP contribution is 2.45. The Hall–Kier alpha value is -3.90. The van der Waals surface area contributed by atoms with Crippen molar-refractivity contribution >= 4 is 29.7 Å². The Kier molecular flexibility index (Phi) is 10.6. The number of carboxylic acid groups (broad SMARTS) is 1. The topological polar surface area (TPSA) is 132 Å². The Morgan fingerprint density at radius 2 is 1.65 bits per heavy atom. The van der Waals surface area contributed by atoms with E-state index in [9.17, 15) is 37.5 Å². The van der Waals surface area contributed by atoms with Crippen molar-refractivity contribution in [2.75, 3.05) is 19.8 Å². The molecule has 2 unspecified atom stereocenters. The van der Waals surface area contributed by atoms with Crippen molar-refractivity contribution in [3.63, 3.8) is 0 Å². The summed E-state index contributed by atoms with van der Waals surface area (Å²) in [5, 5.41) is 9.41. The molecule has 1 aromatic rings. The number of rotatable bonds is 9. The molecular formula is C30H37F3N2O8. The first-order valence-corrected chi connectivity index (χ1v) is 14.1. The summed E-state index contributed by atoms with van der Waals surface area (Å²) in [6, 6.07) is 4.46. The molecule has 0 radical (unpaired) electrons. The number of ether oxygens (including phenoxy) is 3. The molecule has 10 nitrogen and oxygen atoms in total. The van der Waals surface area contributed by atoms with Crippen LogP contribution in [0, 0.1) is 5.92 Å². The zero-order chi connectivity index (χ0) is 32.1. The van der Waals surface area contributed by atoms with Crippen molar-refractivity contribution in [1.29, 1.82) is 0 Å². The molecule has 0 bridgehead atoms. The van der Waals surface area contributed by atoms with E-state index in [-0.39, 0.29) is 47.9 Å². The minimum Gasteiger partial charge on any atom is -0.478 e. The molecule has 1 fully saturated rings. The molecule has 236 valence electrons. The summed E-state index contributed by atoms with van der Waals surface area (Å²) in [5.74, 6) is -5.67. The van der Waals surface area contributed by atoms with Gasteiger partial charge in [0, 0.05) is 24.6 Å². The highest BCUT2D eigenvalue weighted by Gasteiger charge is 2.48. The minimum absolute atomic E-state index is 0.00634. The molecule has 1 N–H and O–H groups in total. The first kappa shape index (κ1) is 33.6. The molecule has 3 atom stereocenters. The van der Waals surface area contributed by atoms with Gasteiger partial charge in [-0.15, -0.1) is 0 Å². The lowest BCUT2D eigenvalue weighted by Gasteiger charge is -2.36. The number of amides is 1. The number of esters is 2. The van der Waals surface area contributed by atoms with E-state index in [1.54, 1.807) is 27.7 Å². The van der Waals surface area contributed by atoms with Crippen LogP contribution < -0.4 is 0 Å². The lowest BCUT2D eigenvalue weighted by molar-refractivity contribution is -0.147. The van der Waals surface area contributed by atoms with E-state index in [0.29, 0.717) is 12.8 Å². The van der Waals surface area contributed by atoms with Gasteiger partial charge in [-0.05, 0) is 71.6 Å². The molecule has 0 aliphatic carbocycles. The van der Waals surface area contributed by atoms with Crippen molar-refractivity contribution in [1.82, 2.24) is 4.90 Å². The molecule has 1 saturated heterocycles. The summed E-state index contributed by atoms with van der Waals surface area (Å²) in [6.07, 6.45) is -6.42. The van der Waals surface area contributed by atoms with Gasteiger partial charge in [0.15, 0.2) is 0 Å². The molecule has 0 saturated carbocycles. The quantitative estimate of drug-likeness (QED) is 0.280. The van der Waals surface area contributed by atoms with Crippen molar-refractivity contribution in [2.45, 2.75) is 84.0 Å². The number of hydrogen-bond donors (Lipinski definition) is 1. The summed E-state index contributed by atoms with van der Waals surface area (Å²) in [6.45, 7) is 8.26. The Balaban J connectivity index is 2.32. The second-order valence-electron chi connectivity index (χ2n) is 11.2. The molecular weight excluding hydrogens is 573 g/mol. The Labute approximate surface area is 247 Å². The van der Waals surface area contributed by atoms with Crippen molar-refractivity contribution in [3.05, 3.63) is 46.7 Å². The maximum absolute atomic E-state index is 13.7. The van der Waals surface area contributed by atoms with Crippen LogP contribution in [0.15, 0.2) is 40.5 Å². The normalized spacial score (nSPS) is 20.9. The van der Waals surface area contributed by atoms with Crippen molar-refractivity contribution < 1.29 is 51.7 Å². The Bertz CT molecular complexity index is 1280. The molecule has 2 heterocycles. The van der Waals surface area contributed by atoms with Crippen LogP contribution >= 0.6 is 0 Å². The van der Waals surface area contributed by atoms with Gasteiger partial charge in [0.05, 0.1) is 36.1 Å². The lowest BCUT2D eigenvalue weighted by atomic mass is 9.73. The lowest BCUT2D eigenvalue weighted by Crippen LogP contribution is -2.44. The van der Waals surface area contributed by atoms with Gasteiger partial charge in [0.25, 0.3) is 0 Å². The number of nitrogens with zero attached hydrogens (tertiary/aromatic N) is 2. The molecule has 2 aliphatic heterocycles. The second kappa shape index (κ2) is 13.6. The third-order valence-electron chi connectivity index (χ3n) is 6.96. The molecule has 0 spiro atoms. The third kappa shape index (κ3) is 8.35. The SMILES string of the molecule is CCOC(=O)C1=C([C@@H]2CCCN2C(=O)OC(C)(C)C)N=C(CCC(F)(F)F)C(C(=O)OCC)C1c1ccc(C(=O)O)cc1. The van der Waals surface area contributed by atoms with Crippen molar-refractivity contribution in [3.8, 4) is 0 Å². The summed E-state index contributed by atoms with van der Waals surface area (Å²) >= 11 is 0. The van der Waals surface area contributed by atoms with E-state index >= 15 is 0 Å². The van der Waals surface area contributed by atoms with E-state index in [4.69, 9.17) is 14.2 Å². The van der Waals surface area contributed by atoms with Crippen LogP contribution in [0.4, 0.5) is 18.0 Å². The largest absolute Gasteiger partial charge is 0.478 e. The first-order valence-electron chi connectivity index (χ1n) is 14.1. The number of carboxylic acids is 1. The highest BCUT2D eigenvalue weighted by molar-refractivity contribution is 6.08. The molecule has 13 heteroatoms. The monoisotopic (exact) mass is 610 g/mol. The molecule has 1 aromatic carbocycles. The minimum atomic E-state index is -4.58. The summed E-state index contributed by atoms with van der Waals surface area (Å²) in [7, 11) is 0. The third-order valence-corrected chi connectivity index (χ3v) is 6.96. The van der Waals surface area contributed by atoms with Crippen LogP contribution in [0.3, 0.4) is 0 Å². The maximum Gasteiger partial charge on any atom is 0.410 e. The average molecular weight is 611 g/mol.